The Labute approximate surface area is 129 Å². The summed E-state index contributed by atoms with van der Waals surface area (Å²) in [7, 11) is 1.39. The molecule has 11 heteroatoms. The van der Waals surface area contributed by atoms with Gasteiger partial charge in [-0.05, 0) is 28.1 Å². The number of aromatic hydroxyl groups is 1. The molecule has 2 rings (SSSR count). The van der Waals surface area contributed by atoms with E-state index in [1.807, 2.05) is 0 Å². The van der Waals surface area contributed by atoms with Gasteiger partial charge in [0.1, 0.15) is 6.54 Å². The van der Waals surface area contributed by atoms with E-state index in [0.29, 0.717) is 5.56 Å². The number of rotatable bonds is 5. The fourth-order valence-electron chi connectivity index (χ4n) is 1.50. The third-order valence-electron chi connectivity index (χ3n) is 2.53. The van der Waals surface area contributed by atoms with Gasteiger partial charge in [0.25, 0.3) is 5.91 Å². The number of anilines is 1. The van der Waals surface area contributed by atoms with Crippen LogP contribution in [0.15, 0.2) is 17.2 Å². The van der Waals surface area contributed by atoms with Crippen LogP contribution in [0, 0.1) is 0 Å². The minimum Gasteiger partial charge on any atom is -0.503 e. The maximum atomic E-state index is 11.6. The van der Waals surface area contributed by atoms with Gasteiger partial charge in [-0.2, -0.15) is 5.10 Å². The van der Waals surface area contributed by atoms with Crippen molar-refractivity contribution in [2.24, 2.45) is 5.10 Å². The first kappa shape index (κ1) is 15.5. The number of ether oxygens (including phenoxy) is 1. The van der Waals surface area contributed by atoms with Gasteiger partial charge >= 0.3 is 0 Å². The Hall–Kier alpha value is -2.88. The highest BCUT2D eigenvalue weighted by Gasteiger charge is 2.09. The van der Waals surface area contributed by atoms with Crippen LogP contribution in [0.25, 0.3) is 0 Å². The number of aromatic nitrogens is 4. The highest BCUT2D eigenvalue weighted by atomic mass is 35.5. The fraction of sp³-hybridized carbons (Fsp3) is 0.182. The van der Waals surface area contributed by atoms with Crippen LogP contribution in [0.5, 0.6) is 11.5 Å². The van der Waals surface area contributed by atoms with Crippen molar-refractivity contribution in [3.8, 4) is 11.5 Å². The van der Waals surface area contributed by atoms with E-state index in [1.54, 1.807) is 0 Å². The van der Waals surface area contributed by atoms with Crippen LogP contribution >= 0.6 is 11.6 Å². The van der Waals surface area contributed by atoms with Crippen molar-refractivity contribution in [3.05, 3.63) is 22.7 Å². The van der Waals surface area contributed by atoms with Crippen molar-refractivity contribution in [1.82, 2.24) is 25.6 Å². The molecule has 0 aliphatic rings. The number of benzene rings is 1. The molecule has 2 aromatic rings. The molecule has 0 aliphatic carbocycles. The average molecular weight is 326 g/mol. The van der Waals surface area contributed by atoms with Crippen molar-refractivity contribution in [3.63, 3.8) is 0 Å². The summed E-state index contributed by atoms with van der Waals surface area (Å²) in [5.74, 6) is -0.414. The number of phenols is 1. The van der Waals surface area contributed by atoms with Crippen LogP contribution in [0.2, 0.25) is 5.02 Å². The van der Waals surface area contributed by atoms with E-state index in [2.05, 4.69) is 26.1 Å². The lowest BCUT2D eigenvalue weighted by atomic mass is 10.2. The monoisotopic (exact) mass is 325 g/mol. The summed E-state index contributed by atoms with van der Waals surface area (Å²) in [5.41, 5.74) is 8.24. The van der Waals surface area contributed by atoms with E-state index in [1.165, 1.54) is 25.5 Å². The molecule has 4 N–H and O–H groups in total. The molecule has 1 aromatic heterocycles. The number of tetrazole rings is 1. The molecule has 0 bridgehead atoms. The van der Waals surface area contributed by atoms with Gasteiger partial charge in [-0.3, -0.25) is 4.79 Å². The number of carbonyl (C=O) groups is 1. The van der Waals surface area contributed by atoms with Crippen LogP contribution in [0.3, 0.4) is 0 Å². The maximum absolute atomic E-state index is 11.6. The number of amides is 1. The third kappa shape index (κ3) is 3.61. The number of hydrogen-bond donors (Lipinski definition) is 3. The molecule has 0 spiro atoms. The SMILES string of the molecule is COc1cc(C=NNC(=O)Cn2nnnc2N)cc(Cl)c1O. The summed E-state index contributed by atoms with van der Waals surface area (Å²) < 4.78 is 6.07. The van der Waals surface area contributed by atoms with E-state index in [9.17, 15) is 9.90 Å². The predicted octanol–water partition coefficient (Wildman–Crippen LogP) is -0.227. The van der Waals surface area contributed by atoms with Gasteiger partial charge in [0.05, 0.1) is 18.3 Å². The number of carbonyl (C=O) groups excluding carboxylic acids is 1. The highest BCUT2D eigenvalue weighted by Crippen LogP contribution is 2.34. The van der Waals surface area contributed by atoms with Crippen molar-refractivity contribution in [2.45, 2.75) is 6.54 Å². The lowest BCUT2D eigenvalue weighted by Gasteiger charge is -2.06. The molecule has 0 fully saturated rings. The van der Waals surface area contributed by atoms with E-state index < -0.39 is 5.91 Å². The molecule has 0 saturated heterocycles. The minimum atomic E-state index is -0.466. The Morgan fingerprint density at radius 1 is 1.64 bits per heavy atom. The Kier molecular flexibility index (Phi) is 4.73. The van der Waals surface area contributed by atoms with Gasteiger partial charge in [-0.25, -0.2) is 10.1 Å². The normalized spacial score (nSPS) is 10.8. The molecule has 22 heavy (non-hydrogen) atoms. The first-order chi connectivity index (χ1) is 10.5. The van der Waals surface area contributed by atoms with Gasteiger partial charge in [-0.15, -0.1) is 0 Å². The average Bonchev–Trinajstić information content (AvgIpc) is 2.87. The van der Waals surface area contributed by atoms with Crippen LogP contribution < -0.4 is 15.9 Å². The highest BCUT2D eigenvalue weighted by molar-refractivity contribution is 6.32. The molecule has 0 atom stereocenters. The van der Waals surface area contributed by atoms with E-state index >= 15 is 0 Å². The summed E-state index contributed by atoms with van der Waals surface area (Å²) in [6.07, 6.45) is 1.34. The van der Waals surface area contributed by atoms with Crippen LogP contribution in [0.4, 0.5) is 5.95 Å². The topological polar surface area (TPSA) is 141 Å². The van der Waals surface area contributed by atoms with Gasteiger partial charge < -0.3 is 15.6 Å². The number of hydrazone groups is 1. The summed E-state index contributed by atoms with van der Waals surface area (Å²) in [4.78, 5) is 11.6. The van der Waals surface area contributed by atoms with Crippen LogP contribution in [-0.4, -0.2) is 44.5 Å². The molecule has 0 unspecified atom stereocenters. The molecule has 0 radical (unpaired) electrons. The second kappa shape index (κ2) is 6.72. The van der Waals surface area contributed by atoms with Crippen LogP contribution in [0.1, 0.15) is 5.56 Å². The molecule has 1 amide bonds. The quantitative estimate of drug-likeness (QED) is 0.509. The molecule has 1 aromatic carbocycles. The first-order valence-corrected chi connectivity index (χ1v) is 6.29. The zero-order chi connectivity index (χ0) is 16.1. The Morgan fingerprint density at radius 2 is 2.41 bits per heavy atom. The molecular formula is C11H12ClN7O3. The molecule has 0 aliphatic heterocycles. The number of nitrogens with zero attached hydrogens (tertiary/aromatic N) is 5. The second-order valence-corrected chi connectivity index (χ2v) is 4.45. The first-order valence-electron chi connectivity index (χ1n) is 5.91. The lowest BCUT2D eigenvalue weighted by Crippen LogP contribution is -2.24. The van der Waals surface area contributed by atoms with E-state index in [-0.39, 0.29) is 29.0 Å². The number of halogens is 1. The maximum Gasteiger partial charge on any atom is 0.261 e. The number of nitrogen functional groups attached to an aromatic ring is 1. The van der Waals surface area contributed by atoms with Gasteiger partial charge in [0.15, 0.2) is 11.5 Å². The molecule has 10 nitrogen and oxygen atoms in total. The Bertz CT molecular complexity index is 716. The molecule has 0 saturated carbocycles. The number of hydrogen-bond acceptors (Lipinski definition) is 8. The summed E-state index contributed by atoms with van der Waals surface area (Å²) in [6.45, 7) is -0.171. The zero-order valence-electron chi connectivity index (χ0n) is 11.4. The predicted molar refractivity (Wildman–Crippen MR) is 77.6 cm³/mol. The third-order valence-corrected chi connectivity index (χ3v) is 2.81. The largest absolute Gasteiger partial charge is 0.503 e. The van der Waals surface area contributed by atoms with Gasteiger partial charge in [0, 0.05) is 0 Å². The molecular weight excluding hydrogens is 314 g/mol. The van der Waals surface area contributed by atoms with Gasteiger partial charge in [0.2, 0.25) is 5.95 Å². The smallest absolute Gasteiger partial charge is 0.261 e. The van der Waals surface area contributed by atoms with Crippen molar-refractivity contribution in [2.75, 3.05) is 12.8 Å². The summed E-state index contributed by atoms with van der Waals surface area (Å²) >= 11 is 5.83. The van der Waals surface area contributed by atoms with Gasteiger partial charge in [-0.1, -0.05) is 16.7 Å². The molecule has 1 heterocycles. The second-order valence-electron chi connectivity index (χ2n) is 4.04. The zero-order valence-corrected chi connectivity index (χ0v) is 12.2. The van der Waals surface area contributed by atoms with Crippen molar-refractivity contribution < 1.29 is 14.6 Å². The molecule has 116 valence electrons. The number of nitrogens with one attached hydrogen (secondary N) is 1. The fourth-order valence-corrected chi connectivity index (χ4v) is 1.72. The lowest BCUT2D eigenvalue weighted by molar-refractivity contribution is -0.121. The standard InChI is InChI=1S/C11H12ClN7O3/c1-22-8-3-6(2-7(12)10(8)21)4-14-15-9(20)5-19-11(13)16-17-18-19/h2-4,21H,5H2,1H3,(H,15,20)(H2,13,16,18). The number of methoxy groups -OCH3 is 1. The van der Waals surface area contributed by atoms with E-state index in [0.717, 1.165) is 4.68 Å². The minimum absolute atomic E-state index is 0.0224. The Morgan fingerprint density at radius 3 is 3.05 bits per heavy atom. The number of nitrogens with two attached hydrogens (primary N) is 1. The van der Waals surface area contributed by atoms with Crippen molar-refractivity contribution >= 4 is 29.7 Å². The Balaban J connectivity index is 1.99. The van der Waals surface area contributed by atoms with Crippen molar-refractivity contribution in [1.29, 1.82) is 0 Å². The number of phenolic OH excluding ortho intramolecular Hbond substituents is 1. The summed E-state index contributed by atoms with van der Waals surface area (Å²) in [6, 6.07) is 2.98. The summed E-state index contributed by atoms with van der Waals surface area (Å²) in [5, 5.41) is 23.7. The van der Waals surface area contributed by atoms with E-state index in [4.69, 9.17) is 22.1 Å². The van der Waals surface area contributed by atoms with Crippen LogP contribution in [-0.2, 0) is 11.3 Å².